The first-order valence-corrected chi connectivity index (χ1v) is 7.78. The predicted octanol–water partition coefficient (Wildman–Crippen LogP) is 1.88. The molecule has 0 saturated heterocycles. The number of rotatable bonds is 8. The summed E-state index contributed by atoms with van der Waals surface area (Å²) >= 11 is 5.77. The lowest BCUT2D eigenvalue weighted by Gasteiger charge is -2.10. The number of hydrogen-bond donors (Lipinski definition) is 2. The summed E-state index contributed by atoms with van der Waals surface area (Å²) in [5.41, 5.74) is 0. The number of ether oxygens (including phenoxy) is 1. The number of unbranched alkanes of at least 4 members (excludes halogenated alkanes) is 1. The average molecular weight is 322 g/mol. The number of carboxylic acids is 1. The van der Waals surface area contributed by atoms with Crippen molar-refractivity contribution in [1.82, 2.24) is 4.72 Å². The predicted molar refractivity (Wildman–Crippen MR) is 74.7 cm³/mol. The molecule has 0 aliphatic rings. The molecule has 1 aromatic rings. The van der Waals surface area contributed by atoms with Crippen molar-refractivity contribution in [2.45, 2.75) is 24.2 Å². The SMILES string of the molecule is COc1cc(Cl)ccc1S(=O)(=O)NCCCCC(=O)O. The van der Waals surface area contributed by atoms with Crippen molar-refractivity contribution in [2.24, 2.45) is 0 Å². The topological polar surface area (TPSA) is 92.7 Å². The Hall–Kier alpha value is -1.31. The van der Waals surface area contributed by atoms with Crippen molar-refractivity contribution in [3.63, 3.8) is 0 Å². The number of sulfonamides is 1. The lowest BCUT2D eigenvalue weighted by Crippen LogP contribution is -2.25. The third-order valence-corrected chi connectivity index (χ3v) is 4.26. The summed E-state index contributed by atoms with van der Waals surface area (Å²) < 4.78 is 31.5. The molecule has 112 valence electrons. The minimum atomic E-state index is -3.70. The van der Waals surface area contributed by atoms with Gasteiger partial charge in [0.2, 0.25) is 10.0 Å². The van der Waals surface area contributed by atoms with Gasteiger partial charge in [-0.25, -0.2) is 13.1 Å². The van der Waals surface area contributed by atoms with E-state index < -0.39 is 16.0 Å². The molecule has 1 rings (SSSR count). The highest BCUT2D eigenvalue weighted by atomic mass is 35.5. The number of carbonyl (C=O) groups is 1. The van der Waals surface area contributed by atoms with Crippen LogP contribution in [0.1, 0.15) is 19.3 Å². The fraction of sp³-hybridized carbons (Fsp3) is 0.417. The Morgan fingerprint density at radius 1 is 1.40 bits per heavy atom. The van der Waals surface area contributed by atoms with Gasteiger partial charge in [-0.05, 0) is 25.0 Å². The molecule has 0 bridgehead atoms. The minimum absolute atomic E-state index is 0.00244. The highest BCUT2D eigenvalue weighted by molar-refractivity contribution is 7.89. The maximum absolute atomic E-state index is 12.1. The van der Waals surface area contributed by atoms with Crippen LogP contribution >= 0.6 is 11.6 Å². The number of benzene rings is 1. The molecular formula is C12H16ClNO5S. The Balaban J connectivity index is 2.67. The van der Waals surface area contributed by atoms with Gasteiger partial charge in [0.05, 0.1) is 7.11 Å². The zero-order valence-corrected chi connectivity index (χ0v) is 12.5. The van der Waals surface area contributed by atoms with E-state index in [4.69, 9.17) is 21.4 Å². The van der Waals surface area contributed by atoms with E-state index in [0.29, 0.717) is 17.9 Å². The molecule has 0 aromatic heterocycles. The maximum atomic E-state index is 12.1. The summed E-state index contributed by atoms with van der Waals surface area (Å²) in [6.45, 7) is 0.168. The van der Waals surface area contributed by atoms with E-state index in [1.165, 1.54) is 25.3 Å². The number of carboxylic acid groups (broad SMARTS) is 1. The van der Waals surface area contributed by atoms with Gasteiger partial charge in [-0.1, -0.05) is 11.6 Å². The van der Waals surface area contributed by atoms with Gasteiger partial charge >= 0.3 is 5.97 Å². The van der Waals surface area contributed by atoms with E-state index in [9.17, 15) is 13.2 Å². The molecule has 20 heavy (non-hydrogen) atoms. The van der Waals surface area contributed by atoms with E-state index in [-0.39, 0.29) is 23.6 Å². The van der Waals surface area contributed by atoms with Crippen LogP contribution in [-0.4, -0.2) is 33.1 Å². The number of hydrogen-bond acceptors (Lipinski definition) is 4. The van der Waals surface area contributed by atoms with E-state index in [0.717, 1.165) is 0 Å². The minimum Gasteiger partial charge on any atom is -0.495 e. The van der Waals surface area contributed by atoms with Gasteiger partial charge in [-0.2, -0.15) is 0 Å². The summed E-state index contributed by atoms with van der Waals surface area (Å²) in [6.07, 6.45) is 0.878. The monoisotopic (exact) mass is 321 g/mol. The third kappa shape index (κ3) is 4.99. The van der Waals surface area contributed by atoms with Crippen LogP contribution in [0.5, 0.6) is 5.75 Å². The van der Waals surface area contributed by atoms with Crippen molar-refractivity contribution >= 4 is 27.6 Å². The molecule has 8 heteroatoms. The molecule has 0 saturated carbocycles. The lowest BCUT2D eigenvalue weighted by molar-refractivity contribution is -0.137. The first-order chi connectivity index (χ1) is 9.36. The van der Waals surface area contributed by atoms with Crippen LogP contribution in [0.3, 0.4) is 0 Å². The molecule has 0 fully saturated rings. The van der Waals surface area contributed by atoms with Gasteiger partial charge in [0, 0.05) is 24.1 Å². The third-order valence-electron chi connectivity index (χ3n) is 2.52. The van der Waals surface area contributed by atoms with Gasteiger partial charge in [-0.15, -0.1) is 0 Å². The second-order valence-corrected chi connectivity index (χ2v) is 6.22. The zero-order valence-electron chi connectivity index (χ0n) is 10.9. The molecular weight excluding hydrogens is 306 g/mol. The summed E-state index contributed by atoms with van der Waals surface area (Å²) in [5, 5.41) is 8.85. The van der Waals surface area contributed by atoms with E-state index in [1.54, 1.807) is 0 Å². The molecule has 0 amide bonds. The van der Waals surface area contributed by atoms with Crippen LogP contribution in [0.15, 0.2) is 23.1 Å². The number of nitrogens with one attached hydrogen (secondary N) is 1. The van der Waals surface area contributed by atoms with Crippen LogP contribution in [0.2, 0.25) is 5.02 Å². The molecule has 0 aliphatic heterocycles. The van der Waals surface area contributed by atoms with Crippen molar-refractivity contribution in [3.8, 4) is 5.75 Å². The van der Waals surface area contributed by atoms with E-state index in [1.807, 2.05) is 0 Å². The molecule has 6 nitrogen and oxygen atoms in total. The van der Waals surface area contributed by atoms with E-state index >= 15 is 0 Å². The van der Waals surface area contributed by atoms with Crippen LogP contribution in [0.4, 0.5) is 0 Å². The first kappa shape index (κ1) is 16.7. The highest BCUT2D eigenvalue weighted by Crippen LogP contribution is 2.26. The van der Waals surface area contributed by atoms with Crippen molar-refractivity contribution < 1.29 is 23.1 Å². The number of aliphatic carboxylic acids is 1. The smallest absolute Gasteiger partial charge is 0.303 e. The highest BCUT2D eigenvalue weighted by Gasteiger charge is 2.19. The largest absolute Gasteiger partial charge is 0.495 e. The maximum Gasteiger partial charge on any atom is 0.303 e. The summed E-state index contributed by atoms with van der Waals surface area (Å²) in [5.74, 6) is -0.734. The van der Waals surface area contributed by atoms with Crippen LogP contribution in [0.25, 0.3) is 0 Å². The summed E-state index contributed by atoms with van der Waals surface area (Å²) in [4.78, 5) is 10.3. The molecule has 0 radical (unpaired) electrons. The molecule has 0 aliphatic carbocycles. The second kappa shape index (κ2) is 7.47. The average Bonchev–Trinajstić information content (AvgIpc) is 2.37. The van der Waals surface area contributed by atoms with Gasteiger partial charge < -0.3 is 9.84 Å². The molecule has 0 heterocycles. The Morgan fingerprint density at radius 3 is 2.70 bits per heavy atom. The van der Waals surface area contributed by atoms with Crippen molar-refractivity contribution in [2.75, 3.05) is 13.7 Å². The molecule has 2 N–H and O–H groups in total. The number of halogens is 1. The Labute approximate surface area is 122 Å². The van der Waals surface area contributed by atoms with Gasteiger partial charge in [0.1, 0.15) is 10.6 Å². The first-order valence-electron chi connectivity index (χ1n) is 5.92. The van der Waals surface area contributed by atoms with Crippen LogP contribution < -0.4 is 9.46 Å². The number of methoxy groups -OCH3 is 1. The molecule has 1 aromatic carbocycles. The fourth-order valence-corrected chi connectivity index (χ4v) is 2.93. The van der Waals surface area contributed by atoms with E-state index in [2.05, 4.69) is 4.72 Å². The zero-order chi connectivity index (χ0) is 15.2. The van der Waals surface area contributed by atoms with Crippen LogP contribution in [0, 0.1) is 0 Å². The Morgan fingerprint density at radius 2 is 2.10 bits per heavy atom. The quantitative estimate of drug-likeness (QED) is 0.713. The lowest BCUT2D eigenvalue weighted by atomic mass is 10.2. The van der Waals surface area contributed by atoms with Gasteiger partial charge in [-0.3, -0.25) is 4.79 Å². The standard InChI is InChI=1S/C12H16ClNO5S/c1-19-10-8-9(13)5-6-11(10)20(17,18)14-7-3-2-4-12(15)16/h5-6,8,14H,2-4,7H2,1H3,(H,15,16). The summed E-state index contributed by atoms with van der Waals surface area (Å²) in [6, 6.07) is 4.24. The van der Waals surface area contributed by atoms with Gasteiger partial charge in [0.25, 0.3) is 0 Å². The van der Waals surface area contributed by atoms with Crippen LogP contribution in [-0.2, 0) is 14.8 Å². The van der Waals surface area contributed by atoms with Crippen molar-refractivity contribution in [3.05, 3.63) is 23.2 Å². The van der Waals surface area contributed by atoms with Crippen molar-refractivity contribution in [1.29, 1.82) is 0 Å². The Bertz CT molecular complexity index is 573. The molecule has 0 unspecified atom stereocenters. The summed E-state index contributed by atoms with van der Waals surface area (Å²) in [7, 11) is -2.34. The fourth-order valence-electron chi connectivity index (χ4n) is 1.55. The normalized spacial score (nSPS) is 11.3. The Kier molecular flexibility index (Phi) is 6.25. The second-order valence-electron chi connectivity index (χ2n) is 4.04. The van der Waals surface area contributed by atoms with Gasteiger partial charge in [0.15, 0.2) is 0 Å². The molecule has 0 atom stereocenters. The molecule has 0 spiro atoms.